The minimum atomic E-state index is -4.29. The highest BCUT2D eigenvalue weighted by molar-refractivity contribution is 5.94. The number of aromatic nitrogens is 1. The van der Waals surface area contributed by atoms with E-state index < -0.39 is 25.0 Å². The summed E-state index contributed by atoms with van der Waals surface area (Å²) in [7, 11) is 1.31. The average Bonchev–Trinajstić information content (AvgIpc) is 2.41. The first-order valence-electron chi connectivity index (χ1n) is 5.79. The summed E-state index contributed by atoms with van der Waals surface area (Å²) in [6.45, 7) is -0.231. The van der Waals surface area contributed by atoms with Crippen LogP contribution in [0.2, 0.25) is 0 Å². The van der Waals surface area contributed by atoms with Crippen LogP contribution in [0.1, 0.15) is 22.3 Å². The summed E-state index contributed by atoms with van der Waals surface area (Å²) in [6.07, 6.45) is -2.59. The monoisotopic (exact) mass is 285 g/mol. The maximum atomic E-state index is 12.1. The minimum Gasteiger partial charge on any atom is -0.341 e. The summed E-state index contributed by atoms with van der Waals surface area (Å²) in [6, 6.07) is 1.47. The molecule has 0 fully saturated rings. The molecule has 0 radical (unpaired) electrons. The largest absolute Gasteiger partial charge is 0.390 e. The van der Waals surface area contributed by atoms with Crippen LogP contribution in [0.5, 0.6) is 0 Å². The van der Waals surface area contributed by atoms with Crippen LogP contribution >= 0.6 is 0 Å². The molecule has 1 heterocycles. The van der Waals surface area contributed by atoms with Gasteiger partial charge in [-0.05, 0) is 6.07 Å². The minimum absolute atomic E-state index is 0.170. The molecule has 1 amide bonds. The van der Waals surface area contributed by atoms with Crippen LogP contribution in [-0.2, 0) is 0 Å². The second-order valence-corrected chi connectivity index (χ2v) is 4.06. The molecule has 0 aliphatic rings. The number of alkyl halides is 3. The molecule has 0 saturated carbocycles. The van der Waals surface area contributed by atoms with E-state index >= 15 is 0 Å². The first-order chi connectivity index (χ1) is 9.33. The van der Waals surface area contributed by atoms with Gasteiger partial charge in [0.25, 0.3) is 5.91 Å². The van der Waals surface area contributed by atoms with Gasteiger partial charge in [0, 0.05) is 31.5 Å². The van der Waals surface area contributed by atoms with Crippen molar-refractivity contribution < 1.29 is 18.0 Å². The van der Waals surface area contributed by atoms with Crippen molar-refractivity contribution in [3.63, 3.8) is 0 Å². The Balaban J connectivity index is 2.76. The van der Waals surface area contributed by atoms with Gasteiger partial charge in [-0.1, -0.05) is 11.8 Å². The zero-order valence-corrected chi connectivity index (χ0v) is 10.9. The summed E-state index contributed by atoms with van der Waals surface area (Å²) in [5.41, 5.74) is 5.91. The first-order valence-corrected chi connectivity index (χ1v) is 5.79. The Labute approximate surface area is 114 Å². The molecule has 4 nitrogen and oxygen atoms in total. The molecule has 1 aromatic heterocycles. The van der Waals surface area contributed by atoms with Crippen LogP contribution in [-0.4, -0.2) is 42.1 Å². The topological polar surface area (TPSA) is 59.2 Å². The van der Waals surface area contributed by atoms with Gasteiger partial charge in [0.1, 0.15) is 0 Å². The Morgan fingerprint density at radius 3 is 2.75 bits per heavy atom. The van der Waals surface area contributed by atoms with Crippen LogP contribution in [0.4, 0.5) is 13.2 Å². The Morgan fingerprint density at radius 2 is 2.15 bits per heavy atom. The number of carbonyl (C=O) groups excluding carboxylic acids is 1. The lowest BCUT2D eigenvalue weighted by atomic mass is 10.2. The predicted octanol–water partition coefficient (Wildman–Crippen LogP) is 1.42. The summed E-state index contributed by atoms with van der Waals surface area (Å²) in [5.74, 6) is 4.79. The SMILES string of the molecule is CN(CCC(F)(F)F)C(=O)c1cncc(C#CCN)c1. The maximum absolute atomic E-state index is 12.1. The molecular weight excluding hydrogens is 271 g/mol. The summed E-state index contributed by atoms with van der Waals surface area (Å²) < 4.78 is 36.3. The molecule has 1 rings (SSSR count). The molecule has 0 aliphatic heterocycles. The molecule has 0 atom stereocenters. The number of hydrogen-bond acceptors (Lipinski definition) is 3. The fraction of sp³-hybridized carbons (Fsp3) is 0.385. The fourth-order valence-electron chi connectivity index (χ4n) is 1.39. The van der Waals surface area contributed by atoms with Crippen molar-refractivity contribution in [1.82, 2.24) is 9.88 Å². The van der Waals surface area contributed by atoms with E-state index in [1.807, 2.05) is 0 Å². The molecule has 0 aliphatic carbocycles. The molecule has 0 saturated heterocycles. The van der Waals surface area contributed by atoms with E-state index in [1.165, 1.54) is 25.5 Å². The van der Waals surface area contributed by atoms with E-state index in [2.05, 4.69) is 16.8 Å². The maximum Gasteiger partial charge on any atom is 0.390 e. The van der Waals surface area contributed by atoms with Crippen LogP contribution in [0, 0.1) is 11.8 Å². The normalized spacial score (nSPS) is 10.7. The van der Waals surface area contributed by atoms with Gasteiger partial charge in [-0.2, -0.15) is 13.2 Å². The van der Waals surface area contributed by atoms with E-state index in [4.69, 9.17) is 5.73 Å². The highest BCUT2D eigenvalue weighted by atomic mass is 19.4. The number of hydrogen-bond donors (Lipinski definition) is 1. The van der Waals surface area contributed by atoms with Gasteiger partial charge in [-0.15, -0.1) is 0 Å². The molecule has 20 heavy (non-hydrogen) atoms. The zero-order valence-electron chi connectivity index (χ0n) is 10.9. The van der Waals surface area contributed by atoms with E-state index in [0.29, 0.717) is 5.56 Å². The number of nitrogens with zero attached hydrogens (tertiary/aromatic N) is 2. The van der Waals surface area contributed by atoms with Gasteiger partial charge < -0.3 is 10.6 Å². The molecule has 0 spiro atoms. The second kappa shape index (κ2) is 6.91. The van der Waals surface area contributed by atoms with Crippen molar-refractivity contribution in [3.05, 3.63) is 29.6 Å². The molecule has 0 bridgehead atoms. The predicted molar refractivity (Wildman–Crippen MR) is 67.8 cm³/mol. The van der Waals surface area contributed by atoms with Crippen molar-refractivity contribution in [3.8, 4) is 11.8 Å². The van der Waals surface area contributed by atoms with Crippen LogP contribution in [0.3, 0.4) is 0 Å². The van der Waals surface area contributed by atoms with Gasteiger partial charge >= 0.3 is 6.18 Å². The molecule has 7 heteroatoms. The Kier molecular flexibility index (Phi) is 5.53. The van der Waals surface area contributed by atoms with Gasteiger partial charge in [0.2, 0.25) is 0 Å². The fourth-order valence-corrected chi connectivity index (χ4v) is 1.39. The van der Waals surface area contributed by atoms with E-state index in [1.54, 1.807) is 0 Å². The lowest BCUT2D eigenvalue weighted by Crippen LogP contribution is -2.30. The van der Waals surface area contributed by atoms with Crippen molar-refractivity contribution in [2.45, 2.75) is 12.6 Å². The number of nitrogens with two attached hydrogens (primary N) is 1. The molecule has 2 N–H and O–H groups in total. The lowest BCUT2D eigenvalue weighted by molar-refractivity contribution is -0.136. The third-order valence-corrected chi connectivity index (χ3v) is 2.40. The number of amides is 1. The van der Waals surface area contributed by atoms with Gasteiger partial charge in [0.05, 0.1) is 18.5 Å². The number of carbonyl (C=O) groups is 1. The summed E-state index contributed by atoms with van der Waals surface area (Å²) >= 11 is 0. The third kappa shape index (κ3) is 5.28. The smallest absolute Gasteiger partial charge is 0.341 e. The van der Waals surface area contributed by atoms with Gasteiger partial charge in [0.15, 0.2) is 0 Å². The lowest BCUT2D eigenvalue weighted by Gasteiger charge is -2.18. The van der Waals surface area contributed by atoms with E-state index in [0.717, 1.165) is 4.90 Å². The highest BCUT2D eigenvalue weighted by Crippen LogP contribution is 2.19. The van der Waals surface area contributed by atoms with Crippen LogP contribution in [0.15, 0.2) is 18.5 Å². The molecule has 1 aromatic rings. The number of rotatable bonds is 3. The second-order valence-electron chi connectivity index (χ2n) is 4.06. The number of halogens is 3. The average molecular weight is 285 g/mol. The highest BCUT2D eigenvalue weighted by Gasteiger charge is 2.28. The summed E-state index contributed by atoms with van der Waals surface area (Å²) in [5, 5.41) is 0. The van der Waals surface area contributed by atoms with Gasteiger partial charge in [-0.25, -0.2) is 0 Å². The molecule has 0 aromatic carbocycles. The summed E-state index contributed by atoms with van der Waals surface area (Å²) in [4.78, 5) is 16.8. The van der Waals surface area contributed by atoms with E-state index in [9.17, 15) is 18.0 Å². The van der Waals surface area contributed by atoms with Crippen LogP contribution < -0.4 is 5.73 Å². The Hall–Kier alpha value is -2.07. The van der Waals surface area contributed by atoms with Crippen molar-refractivity contribution in [2.24, 2.45) is 5.73 Å². The Morgan fingerprint density at radius 1 is 1.45 bits per heavy atom. The number of pyridine rings is 1. The Bertz CT molecular complexity index is 532. The van der Waals surface area contributed by atoms with Crippen molar-refractivity contribution in [1.29, 1.82) is 0 Å². The quantitative estimate of drug-likeness (QED) is 0.854. The molecular formula is C13H14F3N3O. The van der Waals surface area contributed by atoms with E-state index in [-0.39, 0.29) is 12.1 Å². The van der Waals surface area contributed by atoms with Gasteiger partial charge in [-0.3, -0.25) is 9.78 Å². The third-order valence-electron chi connectivity index (χ3n) is 2.40. The van der Waals surface area contributed by atoms with Crippen molar-refractivity contribution >= 4 is 5.91 Å². The molecule has 108 valence electrons. The molecule has 0 unspecified atom stereocenters. The van der Waals surface area contributed by atoms with Crippen LogP contribution in [0.25, 0.3) is 0 Å². The standard InChI is InChI=1S/C13H14F3N3O/c1-19(6-4-13(14,15)16)12(20)11-7-10(3-2-5-17)8-18-9-11/h7-9H,4-6,17H2,1H3. The zero-order chi connectivity index (χ0) is 15.2. The first kappa shape index (κ1) is 16.0. The van der Waals surface area contributed by atoms with Crippen molar-refractivity contribution in [2.75, 3.05) is 20.1 Å².